The van der Waals surface area contributed by atoms with E-state index in [1.807, 2.05) is 13.2 Å². The molecule has 0 aliphatic heterocycles. The molecule has 1 aromatic rings. The molecule has 1 saturated carbocycles. The molecule has 0 aromatic carbocycles. The number of rotatable bonds is 5. The van der Waals surface area contributed by atoms with Gasteiger partial charge in [0.05, 0.1) is 19.0 Å². The monoisotopic (exact) mass is 223 g/mol. The normalized spacial score (nSPS) is 24.2. The Bertz CT molecular complexity index is 327. The summed E-state index contributed by atoms with van der Waals surface area (Å²) in [5.41, 5.74) is 1.29. The zero-order valence-corrected chi connectivity index (χ0v) is 10.4. The largest absolute Gasteiger partial charge is 0.493 e. The van der Waals surface area contributed by atoms with E-state index in [0.29, 0.717) is 5.92 Å². The third kappa shape index (κ3) is 1.82. The molecule has 0 saturated heterocycles. The standard InChI is InChI=1S/C12H21N3O/c1-4-15-12(11(16-3)8-14-15)10-6-5-9(10)7-13-2/h8-10,13H,4-7H2,1-3H3. The van der Waals surface area contributed by atoms with Gasteiger partial charge >= 0.3 is 0 Å². The minimum atomic E-state index is 0.616. The average Bonchev–Trinajstić information content (AvgIpc) is 2.67. The van der Waals surface area contributed by atoms with E-state index in [4.69, 9.17) is 4.74 Å². The van der Waals surface area contributed by atoms with Crippen molar-refractivity contribution in [3.05, 3.63) is 11.9 Å². The predicted molar refractivity (Wildman–Crippen MR) is 63.8 cm³/mol. The first kappa shape index (κ1) is 11.5. The highest BCUT2D eigenvalue weighted by Crippen LogP contribution is 2.45. The molecule has 4 nitrogen and oxygen atoms in total. The van der Waals surface area contributed by atoms with Crippen molar-refractivity contribution < 1.29 is 4.74 Å². The van der Waals surface area contributed by atoms with Crippen molar-refractivity contribution in [2.24, 2.45) is 5.92 Å². The van der Waals surface area contributed by atoms with Gasteiger partial charge in [-0.25, -0.2) is 0 Å². The number of methoxy groups -OCH3 is 1. The van der Waals surface area contributed by atoms with Gasteiger partial charge in [0.25, 0.3) is 0 Å². The average molecular weight is 223 g/mol. The molecule has 0 bridgehead atoms. The van der Waals surface area contributed by atoms with E-state index in [1.165, 1.54) is 18.5 Å². The lowest BCUT2D eigenvalue weighted by molar-refractivity contribution is 0.232. The molecule has 1 aliphatic rings. The topological polar surface area (TPSA) is 39.1 Å². The number of ether oxygens (including phenoxy) is 1. The van der Waals surface area contributed by atoms with Crippen LogP contribution >= 0.6 is 0 Å². The maximum Gasteiger partial charge on any atom is 0.160 e. The summed E-state index contributed by atoms with van der Waals surface area (Å²) in [7, 11) is 3.75. The lowest BCUT2D eigenvalue weighted by Crippen LogP contribution is -2.33. The number of nitrogens with zero attached hydrogens (tertiary/aromatic N) is 2. The van der Waals surface area contributed by atoms with E-state index < -0.39 is 0 Å². The zero-order valence-electron chi connectivity index (χ0n) is 10.4. The molecule has 2 unspecified atom stereocenters. The molecule has 90 valence electrons. The van der Waals surface area contributed by atoms with Crippen molar-refractivity contribution in [2.75, 3.05) is 20.7 Å². The van der Waals surface area contributed by atoms with Gasteiger partial charge in [-0.3, -0.25) is 4.68 Å². The Labute approximate surface area is 97.0 Å². The van der Waals surface area contributed by atoms with Crippen LogP contribution in [0.1, 0.15) is 31.4 Å². The quantitative estimate of drug-likeness (QED) is 0.824. The third-order valence-electron chi connectivity index (χ3n) is 3.60. The van der Waals surface area contributed by atoms with Crippen LogP contribution < -0.4 is 10.1 Å². The van der Waals surface area contributed by atoms with E-state index in [2.05, 4.69) is 22.0 Å². The molecule has 0 spiro atoms. The van der Waals surface area contributed by atoms with Gasteiger partial charge in [0.2, 0.25) is 0 Å². The number of nitrogens with one attached hydrogen (secondary N) is 1. The summed E-state index contributed by atoms with van der Waals surface area (Å²) < 4.78 is 7.48. The Kier molecular flexibility index (Phi) is 3.49. The van der Waals surface area contributed by atoms with E-state index in [-0.39, 0.29) is 0 Å². The Morgan fingerprint density at radius 3 is 2.88 bits per heavy atom. The molecule has 1 N–H and O–H groups in total. The van der Waals surface area contributed by atoms with Gasteiger partial charge in [-0.2, -0.15) is 5.10 Å². The second kappa shape index (κ2) is 4.87. The van der Waals surface area contributed by atoms with Gasteiger partial charge in [0.1, 0.15) is 0 Å². The summed E-state index contributed by atoms with van der Waals surface area (Å²) in [6.07, 6.45) is 4.41. The molecule has 1 heterocycles. The number of hydrogen-bond acceptors (Lipinski definition) is 3. The first-order valence-electron chi connectivity index (χ1n) is 6.06. The molecule has 1 aliphatic carbocycles. The van der Waals surface area contributed by atoms with Crippen LogP contribution in [0, 0.1) is 5.92 Å². The zero-order chi connectivity index (χ0) is 11.5. The minimum Gasteiger partial charge on any atom is -0.493 e. The third-order valence-corrected chi connectivity index (χ3v) is 3.60. The molecular weight excluding hydrogens is 202 g/mol. The van der Waals surface area contributed by atoms with Gasteiger partial charge in [0, 0.05) is 12.5 Å². The Hall–Kier alpha value is -1.03. The molecule has 2 atom stereocenters. The van der Waals surface area contributed by atoms with Crippen LogP contribution in [0.5, 0.6) is 5.75 Å². The molecular formula is C12H21N3O. The summed E-state index contributed by atoms with van der Waals surface area (Å²) in [4.78, 5) is 0. The van der Waals surface area contributed by atoms with Crippen LogP contribution in [0.4, 0.5) is 0 Å². The summed E-state index contributed by atoms with van der Waals surface area (Å²) in [6, 6.07) is 0. The van der Waals surface area contributed by atoms with Gasteiger partial charge in [0.15, 0.2) is 5.75 Å². The molecule has 0 radical (unpaired) electrons. The SMILES string of the molecule is CCn1ncc(OC)c1C1CCC1CNC. The van der Waals surface area contributed by atoms with Gasteiger partial charge in [-0.1, -0.05) is 0 Å². The number of aromatic nitrogens is 2. The first-order valence-corrected chi connectivity index (χ1v) is 6.06. The fourth-order valence-corrected chi connectivity index (χ4v) is 2.60. The fraction of sp³-hybridized carbons (Fsp3) is 0.750. The van der Waals surface area contributed by atoms with Crippen molar-refractivity contribution in [3.63, 3.8) is 0 Å². The highest BCUT2D eigenvalue weighted by atomic mass is 16.5. The van der Waals surface area contributed by atoms with Crippen LogP contribution in [0.2, 0.25) is 0 Å². The predicted octanol–water partition coefficient (Wildman–Crippen LogP) is 1.62. The van der Waals surface area contributed by atoms with E-state index in [9.17, 15) is 0 Å². The second-order valence-corrected chi connectivity index (χ2v) is 4.42. The lowest BCUT2D eigenvalue weighted by Gasteiger charge is -2.37. The van der Waals surface area contributed by atoms with Crippen molar-refractivity contribution in [1.82, 2.24) is 15.1 Å². The Morgan fingerprint density at radius 1 is 1.56 bits per heavy atom. The number of aryl methyl sites for hydroxylation is 1. The highest BCUT2D eigenvalue weighted by Gasteiger charge is 2.35. The van der Waals surface area contributed by atoms with Crippen LogP contribution in [0.3, 0.4) is 0 Å². The smallest absolute Gasteiger partial charge is 0.160 e. The lowest BCUT2D eigenvalue weighted by atomic mass is 9.71. The molecule has 1 aromatic heterocycles. The Balaban J connectivity index is 2.21. The molecule has 2 rings (SSSR count). The van der Waals surface area contributed by atoms with Crippen LogP contribution in [0.25, 0.3) is 0 Å². The van der Waals surface area contributed by atoms with Crippen LogP contribution in [0.15, 0.2) is 6.20 Å². The van der Waals surface area contributed by atoms with Crippen LogP contribution in [-0.2, 0) is 6.54 Å². The van der Waals surface area contributed by atoms with Crippen molar-refractivity contribution >= 4 is 0 Å². The summed E-state index contributed by atoms with van der Waals surface area (Å²) in [5.74, 6) is 2.30. The number of hydrogen-bond donors (Lipinski definition) is 1. The summed E-state index contributed by atoms with van der Waals surface area (Å²) in [5, 5.41) is 7.64. The molecule has 0 amide bonds. The molecule has 4 heteroatoms. The van der Waals surface area contributed by atoms with Gasteiger partial charge in [-0.15, -0.1) is 0 Å². The van der Waals surface area contributed by atoms with E-state index >= 15 is 0 Å². The Morgan fingerprint density at radius 2 is 2.38 bits per heavy atom. The van der Waals surface area contributed by atoms with Gasteiger partial charge in [-0.05, 0) is 39.3 Å². The van der Waals surface area contributed by atoms with Crippen molar-refractivity contribution in [3.8, 4) is 5.75 Å². The minimum absolute atomic E-state index is 0.616. The second-order valence-electron chi connectivity index (χ2n) is 4.42. The fourth-order valence-electron chi connectivity index (χ4n) is 2.60. The van der Waals surface area contributed by atoms with E-state index in [1.54, 1.807) is 7.11 Å². The van der Waals surface area contributed by atoms with Crippen LogP contribution in [-0.4, -0.2) is 30.5 Å². The van der Waals surface area contributed by atoms with E-state index in [0.717, 1.165) is 24.8 Å². The highest BCUT2D eigenvalue weighted by molar-refractivity contribution is 5.31. The maximum atomic E-state index is 5.41. The first-order chi connectivity index (χ1) is 7.81. The van der Waals surface area contributed by atoms with Crippen molar-refractivity contribution in [2.45, 2.75) is 32.2 Å². The molecule has 16 heavy (non-hydrogen) atoms. The maximum absolute atomic E-state index is 5.41. The van der Waals surface area contributed by atoms with Crippen molar-refractivity contribution in [1.29, 1.82) is 0 Å². The molecule has 1 fully saturated rings. The summed E-state index contributed by atoms with van der Waals surface area (Å²) >= 11 is 0. The summed E-state index contributed by atoms with van der Waals surface area (Å²) in [6.45, 7) is 4.13. The van der Waals surface area contributed by atoms with Gasteiger partial charge < -0.3 is 10.1 Å².